The molecule has 0 aliphatic carbocycles. The fourth-order valence-electron chi connectivity index (χ4n) is 4.47. The van der Waals surface area contributed by atoms with Crippen molar-refractivity contribution in [3.8, 4) is 11.5 Å². The van der Waals surface area contributed by atoms with Crippen molar-refractivity contribution in [2.45, 2.75) is 18.9 Å². The van der Waals surface area contributed by atoms with Crippen LogP contribution in [0.5, 0.6) is 11.5 Å². The van der Waals surface area contributed by atoms with Crippen LogP contribution in [-0.2, 0) is 0 Å². The number of rotatable bonds is 1. The Labute approximate surface area is 191 Å². The summed E-state index contributed by atoms with van der Waals surface area (Å²) in [6, 6.07) is 18.8. The van der Waals surface area contributed by atoms with Crippen molar-refractivity contribution in [3.05, 3.63) is 106 Å². The highest BCUT2D eigenvalue weighted by Gasteiger charge is 2.37. The predicted molar refractivity (Wildman–Crippen MR) is 125 cm³/mol. The molecule has 3 heterocycles. The first-order chi connectivity index (χ1) is 16.1. The zero-order chi connectivity index (χ0) is 22.8. The zero-order valence-corrected chi connectivity index (χ0v) is 18.1. The minimum atomic E-state index is -0.572. The average molecular weight is 444 g/mol. The molecule has 1 aromatic heterocycles. The lowest BCUT2D eigenvalue weighted by atomic mass is 9.97. The average Bonchev–Trinajstić information content (AvgIpc) is 2.85. The summed E-state index contributed by atoms with van der Waals surface area (Å²) in [5.41, 5.74) is 1.34. The SMILES string of the molecule is O=C1c2c(O)c(=O)ccn2N2CN1CCC/C=C/COc1ccccc1[C@H]2c1ccccc1. The monoisotopic (exact) mass is 443 g/mol. The first kappa shape index (κ1) is 20.9. The summed E-state index contributed by atoms with van der Waals surface area (Å²) in [4.78, 5) is 27.3. The molecule has 0 spiro atoms. The molecule has 0 fully saturated rings. The molecule has 5 rings (SSSR count). The second-order valence-electron chi connectivity index (χ2n) is 8.15. The van der Waals surface area contributed by atoms with Crippen molar-refractivity contribution in [3.63, 3.8) is 0 Å². The first-order valence-electron chi connectivity index (χ1n) is 11.1. The number of hydrogen-bond acceptors (Lipinski definition) is 5. The van der Waals surface area contributed by atoms with Crippen LogP contribution in [0.2, 0.25) is 0 Å². The lowest BCUT2D eigenvalue weighted by molar-refractivity contribution is 0.0678. The number of amides is 1. The summed E-state index contributed by atoms with van der Waals surface area (Å²) >= 11 is 0. The molecule has 2 aromatic carbocycles. The van der Waals surface area contributed by atoms with E-state index in [1.165, 1.54) is 6.07 Å². The number of nitrogens with zero attached hydrogens (tertiary/aromatic N) is 3. The molecule has 0 unspecified atom stereocenters. The van der Waals surface area contributed by atoms with Crippen LogP contribution in [0.1, 0.15) is 40.5 Å². The minimum absolute atomic E-state index is 0.0153. The Hall–Kier alpha value is -4.00. The number of para-hydroxylation sites is 1. The summed E-state index contributed by atoms with van der Waals surface area (Å²) in [5, 5.41) is 12.6. The van der Waals surface area contributed by atoms with E-state index in [-0.39, 0.29) is 17.6 Å². The molecule has 0 saturated heterocycles. The Bertz CT molecular complexity index is 1250. The van der Waals surface area contributed by atoms with E-state index in [1.54, 1.807) is 15.8 Å². The van der Waals surface area contributed by atoms with Crippen LogP contribution in [0.4, 0.5) is 0 Å². The van der Waals surface area contributed by atoms with Crippen LogP contribution in [0.15, 0.2) is 83.8 Å². The van der Waals surface area contributed by atoms with E-state index < -0.39 is 11.2 Å². The van der Waals surface area contributed by atoms with Gasteiger partial charge in [0.1, 0.15) is 25.1 Å². The largest absolute Gasteiger partial charge is 0.502 e. The molecule has 2 aliphatic heterocycles. The van der Waals surface area contributed by atoms with E-state index in [9.17, 15) is 14.7 Å². The van der Waals surface area contributed by atoms with Gasteiger partial charge in [-0.1, -0.05) is 60.7 Å². The Morgan fingerprint density at radius 1 is 0.939 bits per heavy atom. The van der Waals surface area contributed by atoms with E-state index >= 15 is 0 Å². The van der Waals surface area contributed by atoms with Crippen LogP contribution < -0.4 is 15.2 Å². The third kappa shape index (κ3) is 3.86. The number of aromatic hydroxyl groups is 1. The van der Waals surface area contributed by atoms with Gasteiger partial charge in [0.2, 0.25) is 5.43 Å². The number of fused-ring (bicyclic) bond motifs is 5. The number of pyridine rings is 1. The van der Waals surface area contributed by atoms with Crippen molar-refractivity contribution in [2.75, 3.05) is 24.8 Å². The van der Waals surface area contributed by atoms with Crippen LogP contribution in [0.25, 0.3) is 0 Å². The van der Waals surface area contributed by atoms with Crippen molar-refractivity contribution >= 4 is 5.91 Å². The fourth-order valence-corrected chi connectivity index (χ4v) is 4.47. The molecular formula is C26H25N3O4. The zero-order valence-electron chi connectivity index (χ0n) is 18.1. The van der Waals surface area contributed by atoms with Crippen molar-refractivity contribution in [1.29, 1.82) is 0 Å². The van der Waals surface area contributed by atoms with Gasteiger partial charge >= 0.3 is 0 Å². The third-order valence-electron chi connectivity index (χ3n) is 6.06. The van der Waals surface area contributed by atoms with Crippen LogP contribution in [0.3, 0.4) is 0 Å². The molecule has 168 valence electrons. The first-order valence-corrected chi connectivity index (χ1v) is 11.1. The van der Waals surface area contributed by atoms with Gasteiger partial charge in [0.15, 0.2) is 11.4 Å². The fraction of sp³-hybridized carbons (Fsp3) is 0.231. The molecule has 0 radical (unpaired) electrons. The second kappa shape index (κ2) is 8.86. The summed E-state index contributed by atoms with van der Waals surface area (Å²) in [6.07, 6.45) is 7.17. The Morgan fingerprint density at radius 2 is 1.73 bits per heavy atom. The van der Waals surface area contributed by atoms with E-state index in [0.717, 1.165) is 29.7 Å². The Balaban J connectivity index is 1.76. The molecule has 1 atom stereocenters. The number of carbonyl (C=O) groups is 1. The van der Waals surface area contributed by atoms with E-state index in [2.05, 4.69) is 6.08 Å². The topological polar surface area (TPSA) is 75.0 Å². The molecule has 33 heavy (non-hydrogen) atoms. The standard InChI is InChI=1S/C26H25N3O4/c30-21-14-16-28-24(25(21)31)26(32)27-15-8-1-2-9-17-33-22-13-7-6-12-20(22)23(29(28)18-27)19-10-4-3-5-11-19/h2-7,9-14,16,23,31H,1,8,15,17-18H2/b9-2+/t23-/m1/s1. The van der Waals surface area contributed by atoms with Gasteiger partial charge in [0, 0.05) is 24.4 Å². The maximum absolute atomic E-state index is 13.3. The number of allylic oxidation sites excluding steroid dienone is 1. The normalized spacial score (nSPS) is 19.3. The molecule has 3 aromatic rings. The van der Waals surface area contributed by atoms with E-state index in [1.807, 2.05) is 65.7 Å². The summed E-state index contributed by atoms with van der Waals surface area (Å²) in [6.45, 7) is 1.25. The smallest absolute Gasteiger partial charge is 0.277 e. The highest BCUT2D eigenvalue weighted by atomic mass is 16.5. The van der Waals surface area contributed by atoms with Crippen LogP contribution >= 0.6 is 0 Å². The van der Waals surface area contributed by atoms with Gasteiger partial charge in [0.25, 0.3) is 5.91 Å². The van der Waals surface area contributed by atoms with Gasteiger partial charge in [-0.2, -0.15) is 0 Å². The molecule has 0 saturated carbocycles. The molecular weight excluding hydrogens is 418 g/mol. The minimum Gasteiger partial charge on any atom is -0.502 e. The Kier molecular flexibility index (Phi) is 5.60. The summed E-state index contributed by atoms with van der Waals surface area (Å²) in [7, 11) is 0. The summed E-state index contributed by atoms with van der Waals surface area (Å²) < 4.78 is 7.75. The van der Waals surface area contributed by atoms with Gasteiger partial charge in [0.05, 0.1) is 0 Å². The van der Waals surface area contributed by atoms with Crippen LogP contribution in [-0.4, -0.2) is 40.4 Å². The Morgan fingerprint density at radius 3 is 2.58 bits per heavy atom. The lowest BCUT2D eigenvalue weighted by Crippen LogP contribution is -2.55. The lowest BCUT2D eigenvalue weighted by Gasteiger charge is -2.44. The third-order valence-corrected chi connectivity index (χ3v) is 6.06. The maximum atomic E-state index is 13.3. The molecule has 2 aliphatic rings. The molecule has 7 nitrogen and oxygen atoms in total. The van der Waals surface area contributed by atoms with Crippen molar-refractivity contribution in [1.82, 2.24) is 9.58 Å². The van der Waals surface area contributed by atoms with Crippen LogP contribution in [0, 0.1) is 0 Å². The van der Waals surface area contributed by atoms with Crippen molar-refractivity contribution in [2.24, 2.45) is 0 Å². The van der Waals surface area contributed by atoms with Gasteiger partial charge in [-0.25, -0.2) is 0 Å². The van der Waals surface area contributed by atoms with E-state index in [0.29, 0.717) is 19.8 Å². The van der Waals surface area contributed by atoms with Gasteiger partial charge in [-0.05, 0) is 24.5 Å². The van der Waals surface area contributed by atoms with Gasteiger partial charge in [-0.15, -0.1) is 0 Å². The quantitative estimate of drug-likeness (QED) is 0.584. The molecule has 1 N–H and O–H groups in total. The number of aromatic nitrogens is 1. The number of ether oxygens (including phenoxy) is 1. The number of benzene rings is 2. The summed E-state index contributed by atoms with van der Waals surface area (Å²) in [5.74, 6) is -0.139. The molecule has 7 heteroatoms. The molecule has 2 bridgehead atoms. The number of hydrogen-bond donors (Lipinski definition) is 1. The van der Waals surface area contributed by atoms with Gasteiger partial charge < -0.3 is 14.7 Å². The van der Waals surface area contributed by atoms with Gasteiger partial charge in [-0.3, -0.25) is 19.3 Å². The maximum Gasteiger partial charge on any atom is 0.277 e. The highest BCUT2D eigenvalue weighted by Crippen LogP contribution is 2.36. The highest BCUT2D eigenvalue weighted by molar-refractivity contribution is 5.96. The second-order valence-corrected chi connectivity index (χ2v) is 8.15. The predicted octanol–water partition coefficient (Wildman–Crippen LogP) is 3.42. The molecule has 1 amide bonds. The van der Waals surface area contributed by atoms with Crippen molar-refractivity contribution < 1.29 is 14.6 Å². The number of carbonyl (C=O) groups excluding carboxylic acids is 1. The van der Waals surface area contributed by atoms with E-state index in [4.69, 9.17) is 4.74 Å².